The Labute approximate surface area is 164 Å². The van der Waals surface area contributed by atoms with Crippen LogP contribution in [0.2, 0.25) is 0 Å². The van der Waals surface area contributed by atoms with Gasteiger partial charge in [0.2, 0.25) is 0 Å². The van der Waals surface area contributed by atoms with Gasteiger partial charge >= 0.3 is 0 Å². The van der Waals surface area contributed by atoms with Gasteiger partial charge in [-0.1, -0.05) is 6.92 Å². The fraction of sp³-hybridized carbons (Fsp3) is 0.600. The number of carbonyl (C=O) groups excluding carboxylic acids is 1. The van der Waals surface area contributed by atoms with Gasteiger partial charge in [-0.15, -0.1) is 11.3 Å². The minimum Gasteiger partial charge on any atom is -0.370 e. The van der Waals surface area contributed by atoms with E-state index in [0.717, 1.165) is 55.9 Å². The van der Waals surface area contributed by atoms with Gasteiger partial charge in [0.05, 0.1) is 29.3 Å². The number of thiophene rings is 1. The number of aryl methyl sites for hydroxylation is 1. The number of nitrogens with zero attached hydrogens (tertiary/aromatic N) is 3. The molecule has 1 atom stereocenters. The molecule has 0 aliphatic carbocycles. The molecule has 1 unspecified atom stereocenters. The van der Waals surface area contributed by atoms with Crippen molar-refractivity contribution in [2.75, 3.05) is 26.2 Å². The van der Waals surface area contributed by atoms with Gasteiger partial charge in [-0.3, -0.25) is 9.48 Å². The van der Waals surface area contributed by atoms with Crippen LogP contribution in [-0.2, 0) is 23.8 Å². The Balaban J connectivity index is 1.52. The van der Waals surface area contributed by atoms with Crippen LogP contribution in [0.15, 0.2) is 18.5 Å². The van der Waals surface area contributed by atoms with Crippen molar-refractivity contribution >= 4 is 17.2 Å². The zero-order valence-corrected chi connectivity index (χ0v) is 17.1. The molecule has 2 aliphatic rings. The van der Waals surface area contributed by atoms with Gasteiger partial charge in [0.1, 0.15) is 0 Å². The SMILES string of the molecule is CCN1CCC2(CC1)OCCc1sc(C(=O)NC(C)c3cnn(C)c3)cc12. The number of hydrogen-bond donors (Lipinski definition) is 1. The van der Waals surface area contributed by atoms with Crippen LogP contribution in [0.1, 0.15) is 58.4 Å². The number of carbonyl (C=O) groups is 1. The Kier molecular flexibility index (Phi) is 5.09. The first-order chi connectivity index (χ1) is 13.0. The maximum absolute atomic E-state index is 12.8. The summed E-state index contributed by atoms with van der Waals surface area (Å²) in [5.74, 6) is -0.00750. The molecule has 1 spiro atoms. The van der Waals surface area contributed by atoms with Gasteiger partial charge in [0, 0.05) is 43.2 Å². The highest BCUT2D eigenvalue weighted by Crippen LogP contribution is 2.44. The number of ether oxygens (including phenoxy) is 1. The molecule has 1 fully saturated rings. The van der Waals surface area contributed by atoms with Gasteiger partial charge in [0.25, 0.3) is 5.91 Å². The maximum Gasteiger partial charge on any atom is 0.261 e. The fourth-order valence-corrected chi connectivity index (χ4v) is 5.32. The summed E-state index contributed by atoms with van der Waals surface area (Å²) in [5, 5.41) is 7.30. The molecular weight excluding hydrogens is 360 g/mol. The predicted octanol–water partition coefficient (Wildman–Crippen LogP) is 2.86. The van der Waals surface area contributed by atoms with Crippen molar-refractivity contribution in [3.05, 3.63) is 39.3 Å². The summed E-state index contributed by atoms with van der Waals surface area (Å²) >= 11 is 1.63. The normalized spacial score (nSPS) is 20.4. The quantitative estimate of drug-likeness (QED) is 0.875. The van der Waals surface area contributed by atoms with Crippen molar-refractivity contribution in [1.29, 1.82) is 0 Å². The van der Waals surface area contributed by atoms with Gasteiger partial charge in [-0.25, -0.2) is 0 Å². The summed E-state index contributed by atoms with van der Waals surface area (Å²) in [7, 11) is 1.88. The first kappa shape index (κ1) is 18.7. The molecule has 2 aromatic heterocycles. The second-order valence-electron chi connectivity index (χ2n) is 7.62. The van der Waals surface area contributed by atoms with Crippen molar-refractivity contribution in [2.45, 2.75) is 44.8 Å². The second kappa shape index (κ2) is 7.37. The summed E-state index contributed by atoms with van der Waals surface area (Å²) in [6.07, 6.45) is 6.67. The molecule has 4 heterocycles. The third kappa shape index (κ3) is 3.56. The lowest BCUT2D eigenvalue weighted by Gasteiger charge is -2.43. The predicted molar refractivity (Wildman–Crippen MR) is 106 cm³/mol. The van der Waals surface area contributed by atoms with Gasteiger partial charge < -0.3 is 15.0 Å². The summed E-state index contributed by atoms with van der Waals surface area (Å²) in [6.45, 7) is 8.17. The van der Waals surface area contributed by atoms with Crippen LogP contribution in [0.5, 0.6) is 0 Å². The minimum absolute atomic E-state index is 0.00750. The van der Waals surface area contributed by atoms with Gasteiger partial charge in [-0.05, 0) is 37.9 Å². The van der Waals surface area contributed by atoms with E-state index in [2.05, 4.69) is 28.3 Å². The van der Waals surface area contributed by atoms with E-state index in [1.807, 2.05) is 20.2 Å². The van der Waals surface area contributed by atoms with Crippen LogP contribution < -0.4 is 5.32 Å². The summed E-state index contributed by atoms with van der Waals surface area (Å²) < 4.78 is 8.06. The third-order valence-electron chi connectivity index (χ3n) is 5.91. The second-order valence-corrected chi connectivity index (χ2v) is 8.75. The highest BCUT2D eigenvalue weighted by atomic mass is 32.1. The largest absolute Gasteiger partial charge is 0.370 e. The Bertz CT molecular complexity index is 820. The molecule has 2 aliphatic heterocycles. The zero-order valence-electron chi connectivity index (χ0n) is 16.3. The lowest BCUT2D eigenvalue weighted by Crippen LogP contribution is -2.46. The summed E-state index contributed by atoms with van der Waals surface area (Å²) in [4.78, 5) is 17.4. The molecule has 0 bridgehead atoms. The third-order valence-corrected chi connectivity index (χ3v) is 7.11. The number of aromatic nitrogens is 2. The fourth-order valence-electron chi connectivity index (χ4n) is 4.19. The van der Waals surface area contributed by atoms with E-state index in [-0.39, 0.29) is 17.6 Å². The average molecular weight is 389 g/mol. The van der Waals surface area contributed by atoms with Crippen molar-refractivity contribution in [3.63, 3.8) is 0 Å². The molecule has 0 radical (unpaired) electrons. The van der Waals surface area contributed by atoms with Crippen molar-refractivity contribution < 1.29 is 9.53 Å². The van der Waals surface area contributed by atoms with Crippen LogP contribution in [0, 0.1) is 0 Å². The van der Waals surface area contributed by atoms with Crippen molar-refractivity contribution in [1.82, 2.24) is 20.0 Å². The molecule has 7 heteroatoms. The highest BCUT2D eigenvalue weighted by Gasteiger charge is 2.42. The van der Waals surface area contributed by atoms with E-state index in [9.17, 15) is 4.79 Å². The molecule has 0 aromatic carbocycles. The molecule has 6 nitrogen and oxygen atoms in total. The van der Waals surface area contributed by atoms with Crippen LogP contribution in [0.3, 0.4) is 0 Å². The number of rotatable bonds is 4. The number of piperidine rings is 1. The van der Waals surface area contributed by atoms with Crippen LogP contribution in [0.4, 0.5) is 0 Å². The lowest BCUT2D eigenvalue weighted by molar-refractivity contribution is -0.0964. The Morgan fingerprint density at radius 1 is 1.44 bits per heavy atom. The molecular formula is C20H28N4O2S. The maximum atomic E-state index is 12.8. The molecule has 27 heavy (non-hydrogen) atoms. The molecule has 1 amide bonds. The first-order valence-electron chi connectivity index (χ1n) is 9.79. The Hall–Kier alpha value is -1.70. The van der Waals surface area contributed by atoms with Crippen molar-refractivity contribution in [3.8, 4) is 0 Å². The van der Waals surface area contributed by atoms with E-state index in [1.54, 1.807) is 22.2 Å². The van der Waals surface area contributed by atoms with E-state index in [1.165, 1.54) is 10.4 Å². The van der Waals surface area contributed by atoms with E-state index in [4.69, 9.17) is 4.74 Å². The Morgan fingerprint density at radius 2 is 2.22 bits per heavy atom. The molecule has 4 rings (SSSR count). The van der Waals surface area contributed by atoms with Gasteiger partial charge in [0.15, 0.2) is 0 Å². The monoisotopic (exact) mass is 388 g/mol. The van der Waals surface area contributed by atoms with E-state index >= 15 is 0 Å². The van der Waals surface area contributed by atoms with E-state index in [0.29, 0.717) is 0 Å². The highest BCUT2D eigenvalue weighted by molar-refractivity contribution is 7.14. The number of likely N-dealkylation sites (tertiary alicyclic amines) is 1. The topological polar surface area (TPSA) is 59.4 Å². The molecule has 1 N–H and O–H groups in total. The molecule has 1 saturated heterocycles. The number of fused-ring (bicyclic) bond motifs is 2. The zero-order chi connectivity index (χ0) is 19.0. The first-order valence-corrected chi connectivity index (χ1v) is 10.6. The van der Waals surface area contributed by atoms with Crippen LogP contribution in [0.25, 0.3) is 0 Å². The number of amides is 1. The molecule has 0 saturated carbocycles. The summed E-state index contributed by atoms with van der Waals surface area (Å²) in [6, 6.07) is 2.02. The molecule has 146 valence electrons. The smallest absolute Gasteiger partial charge is 0.261 e. The Morgan fingerprint density at radius 3 is 2.89 bits per heavy atom. The standard InChI is InChI=1S/C20H28N4O2S/c1-4-24-8-6-20(7-9-24)16-11-18(27-17(16)5-10-26-20)19(25)22-14(2)15-12-21-23(3)13-15/h11-14H,4-10H2,1-3H3,(H,22,25). The van der Waals surface area contributed by atoms with Crippen molar-refractivity contribution in [2.24, 2.45) is 7.05 Å². The number of hydrogen-bond acceptors (Lipinski definition) is 5. The summed E-state index contributed by atoms with van der Waals surface area (Å²) in [5.41, 5.74) is 2.08. The van der Waals surface area contributed by atoms with Crippen LogP contribution in [-0.4, -0.2) is 46.8 Å². The van der Waals surface area contributed by atoms with Crippen LogP contribution >= 0.6 is 11.3 Å². The lowest BCUT2D eigenvalue weighted by atomic mass is 9.82. The number of nitrogens with one attached hydrogen (secondary N) is 1. The van der Waals surface area contributed by atoms with E-state index < -0.39 is 0 Å². The average Bonchev–Trinajstić information content (AvgIpc) is 3.30. The minimum atomic E-state index is -0.191. The van der Waals surface area contributed by atoms with Gasteiger partial charge in [-0.2, -0.15) is 5.10 Å². The molecule has 2 aromatic rings.